The second-order valence-corrected chi connectivity index (χ2v) is 4.84. The average Bonchev–Trinajstić information content (AvgIpc) is 2.35. The zero-order chi connectivity index (χ0) is 13.7. The Bertz CT molecular complexity index is 436. The van der Waals surface area contributed by atoms with Gasteiger partial charge in [-0.3, -0.25) is 9.69 Å². The van der Waals surface area contributed by atoms with E-state index < -0.39 is 0 Å². The van der Waals surface area contributed by atoms with Crippen LogP contribution < -0.4 is 10.1 Å². The van der Waals surface area contributed by atoms with E-state index >= 15 is 0 Å². The van der Waals surface area contributed by atoms with Crippen molar-refractivity contribution in [2.75, 3.05) is 19.7 Å². The number of hydrogen-bond donors (Lipinski definition) is 1. The average molecular weight is 260 g/mol. The summed E-state index contributed by atoms with van der Waals surface area (Å²) in [7, 11) is 0. The summed E-state index contributed by atoms with van der Waals surface area (Å²) in [6.07, 6.45) is 1.73. The second-order valence-electron chi connectivity index (χ2n) is 4.84. The minimum Gasteiger partial charge on any atom is -0.490 e. The summed E-state index contributed by atoms with van der Waals surface area (Å²) in [5.41, 5.74) is 1.26. The van der Waals surface area contributed by atoms with Crippen molar-refractivity contribution >= 4 is 5.91 Å². The Labute approximate surface area is 114 Å². The monoisotopic (exact) mass is 260 g/mol. The molecule has 1 aromatic rings. The molecule has 0 atom stereocenters. The molecule has 0 radical (unpaired) electrons. The van der Waals surface area contributed by atoms with E-state index in [1.165, 1.54) is 5.56 Å². The molecule has 1 aromatic carbocycles. The molecule has 1 N–H and O–H groups in total. The number of benzene rings is 1. The van der Waals surface area contributed by atoms with Gasteiger partial charge in [-0.15, -0.1) is 0 Å². The molecule has 0 aliphatic carbocycles. The Morgan fingerprint density at radius 1 is 1.47 bits per heavy atom. The van der Waals surface area contributed by atoms with Gasteiger partial charge in [-0.2, -0.15) is 0 Å². The van der Waals surface area contributed by atoms with Crippen molar-refractivity contribution in [3.8, 4) is 5.75 Å². The molecule has 1 saturated heterocycles. The number of carbonyl (C=O) groups is 1. The van der Waals surface area contributed by atoms with Crippen LogP contribution in [0.15, 0.2) is 36.9 Å². The zero-order valence-electron chi connectivity index (χ0n) is 11.3. The number of rotatable bonds is 6. The summed E-state index contributed by atoms with van der Waals surface area (Å²) in [6.45, 7) is 8.47. The highest BCUT2D eigenvalue weighted by Gasteiger charge is 2.26. The van der Waals surface area contributed by atoms with Gasteiger partial charge in [0.1, 0.15) is 12.4 Å². The molecule has 0 aromatic heterocycles. The number of ether oxygens (including phenoxy) is 1. The standard InChI is InChI=1S/C15H20N2O2/c1-3-8-19-15-6-4-13(5-7-15)9-17-10-14(11-17)16-12(2)18/h3-7,14H,1,8-11H2,2H3,(H,16,18). The third kappa shape index (κ3) is 4.10. The van der Waals surface area contributed by atoms with Gasteiger partial charge >= 0.3 is 0 Å². The molecule has 19 heavy (non-hydrogen) atoms. The van der Waals surface area contributed by atoms with E-state index in [-0.39, 0.29) is 5.91 Å². The van der Waals surface area contributed by atoms with E-state index in [0.29, 0.717) is 12.6 Å². The highest BCUT2D eigenvalue weighted by Crippen LogP contribution is 2.16. The fraction of sp³-hybridized carbons (Fsp3) is 0.400. The maximum Gasteiger partial charge on any atom is 0.217 e. The first-order chi connectivity index (χ1) is 9.17. The first-order valence-electron chi connectivity index (χ1n) is 6.49. The third-order valence-corrected chi connectivity index (χ3v) is 3.06. The van der Waals surface area contributed by atoms with Gasteiger partial charge in [0.25, 0.3) is 0 Å². The zero-order valence-corrected chi connectivity index (χ0v) is 11.3. The Kier molecular flexibility index (Phi) is 4.58. The minimum absolute atomic E-state index is 0.0494. The summed E-state index contributed by atoms with van der Waals surface area (Å²) in [6, 6.07) is 8.41. The predicted molar refractivity (Wildman–Crippen MR) is 75.0 cm³/mol. The smallest absolute Gasteiger partial charge is 0.217 e. The summed E-state index contributed by atoms with van der Waals surface area (Å²) in [4.78, 5) is 13.2. The van der Waals surface area contributed by atoms with Crippen molar-refractivity contribution in [1.82, 2.24) is 10.2 Å². The number of hydrogen-bond acceptors (Lipinski definition) is 3. The molecule has 1 fully saturated rings. The molecule has 4 heteroatoms. The Morgan fingerprint density at radius 2 is 2.16 bits per heavy atom. The van der Waals surface area contributed by atoms with Crippen LogP contribution >= 0.6 is 0 Å². The fourth-order valence-corrected chi connectivity index (χ4v) is 2.18. The number of likely N-dealkylation sites (tertiary alicyclic amines) is 1. The maximum absolute atomic E-state index is 10.9. The first-order valence-corrected chi connectivity index (χ1v) is 6.49. The van der Waals surface area contributed by atoms with E-state index in [9.17, 15) is 4.79 Å². The molecule has 1 heterocycles. The summed E-state index contributed by atoms with van der Waals surface area (Å²) in [5.74, 6) is 0.914. The van der Waals surface area contributed by atoms with Crippen LogP contribution in [-0.4, -0.2) is 36.5 Å². The lowest BCUT2D eigenvalue weighted by Gasteiger charge is -2.39. The largest absolute Gasteiger partial charge is 0.490 e. The molecule has 1 amide bonds. The van der Waals surface area contributed by atoms with E-state index in [1.807, 2.05) is 12.1 Å². The van der Waals surface area contributed by atoms with Crippen LogP contribution in [-0.2, 0) is 11.3 Å². The summed E-state index contributed by atoms with van der Waals surface area (Å²) < 4.78 is 5.44. The molecule has 2 rings (SSSR count). The van der Waals surface area contributed by atoms with Crippen LogP contribution in [0.1, 0.15) is 12.5 Å². The van der Waals surface area contributed by atoms with Crippen molar-refractivity contribution in [3.05, 3.63) is 42.5 Å². The predicted octanol–water partition coefficient (Wildman–Crippen LogP) is 1.57. The van der Waals surface area contributed by atoms with Gasteiger partial charge in [0.2, 0.25) is 5.91 Å². The summed E-state index contributed by atoms with van der Waals surface area (Å²) in [5, 5.41) is 2.92. The van der Waals surface area contributed by atoms with Crippen LogP contribution in [0.5, 0.6) is 5.75 Å². The molecule has 1 aliphatic rings. The van der Waals surface area contributed by atoms with Gasteiger partial charge < -0.3 is 10.1 Å². The fourth-order valence-electron chi connectivity index (χ4n) is 2.18. The molecule has 102 valence electrons. The molecule has 0 unspecified atom stereocenters. The van der Waals surface area contributed by atoms with Gasteiger partial charge in [0.05, 0.1) is 6.04 Å². The number of nitrogens with zero attached hydrogens (tertiary/aromatic N) is 1. The second kappa shape index (κ2) is 6.38. The Morgan fingerprint density at radius 3 is 2.74 bits per heavy atom. The van der Waals surface area contributed by atoms with Gasteiger partial charge in [0, 0.05) is 26.6 Å². The third-order valence-electron chi connectivity index (χ3n) is 3.06. The van der Waals surface area contributed by atoms with Gasteiger partial charge in [0.15, 0.2) is 0 Å². The topological polar surface area (TPSA) is 41.6 Å². The van der Waals surface area contributed by atoms with Crippen LogP contribution in [0.4, 0.5) is 0 Å². The highest BCUT2D eigenvalue weighted by atomic mass is 16.5. The van der Waals surface area contributed by atoms with Gasteiger partial charge in [-0.1, -0.05) is 24.8 Å². The van der Waals surface area contributed by atoms with Crippen LogP contribution in [0.25, 0.3) is 0 Å². The maximum atomic E-state index is 10.9. The van der Waals surface area contributed by atoms with E-state index in [4.69, 9.17) is 4.74 Å². The van der Waals surface area contributed by atoms with Crippen molar-refractivity contribution in [3.63, 3.8) is 0 Å². The molecule has 4 nitrogen and oxygen atoms in total. The lowest BCUT2D eigenvalue weighted by Crippen LogP contribution is -2.58. The minimum atomic E-state index is 0.0494. The normalized spacial score (nSPS) is 15.6. The lowest BCUT2D eigenvalue weighted by molar-refractivity contribution is -0.120. The van der Waals surface area contributed by atoms with Crippen LogP contribution in [0.3, 0.4) is 0 Å². The lowest BCUT2D eigenvalue weighted by atomic mass is 10.1. The number of carbonyl (C=O) groups excluding carboxylic acids is 1. The molecular weight excluding hydrogens is 240 g/mol. The van der Waals surface area contributed by atoms with E-state index in [2.05, 4.69) is 28.9 Å². The Balaban J connectivity index is 1.75. The molecule has 1 aliphatic heterocycles. The SMILES string of the molecule is C=CCOc1ccc(CN2CC(NC(C)=O)C2)cc1. The van der Waals surface area contributed by atoms with Crippen molar-refractivity contribution < 1.29 is 9.53 Å². The van der Waals surface area contributed by atoms with Crippen LogP contribution in [0, 0.1) is 0 Å². The quantitative estimate of drug-likeness (QED) is 0.789. The number of amides is 1. The van der Waals surface area contributed by atoms with Crippen molar-refractivity contribution in [2.45, 2.75) is 19.5 Å². The van der Waals surface area contributed by atoms with E-state index in [0.717, 1.165) is 25.4 Å². The molecule has 0 bridgehead atoms. The van der Waals surface area contributed by atoms with Crippen molar-refractivity contribution in [1.29, 1.82) is 0 Å². The number of nitrogens with one attached hydrogen (secondary N) is 1. The molecular formula is C15H20N2O2. The Hall–Kier alpha value is -1.81. The summed E-state index contributed by atoms with van der Waals surface area (Å²) >= 11 is 0. The van der Waals surface area contributed by atoms with Crippen molar-refractivity contribution in [2.24, 2.45) is 0 Å². The van der Waals surface area contributed by atoms with Gasteiger partial charge in [-0.05, 0) is 17.7 Å². The molecule has 0 saturated carbocycles. The van der Waals surface area contributed by atoms with Crippen LogP contribution in [0.2, 0.25) is 0 Å². The molecule has 0 spiro atoms. The van der Waals surface area contributed by atoms with E-state index in [1.54, 1.807) is 13.0 Å². The highest BCUT2D eigenvalue weighted by molar-refractivity contribution is 5.73. The van der Waals surface area contributed by atoms with Gasteiger partial charge in [-0.25, -0.2) is 0 Å². The first kappa shape index (κ1) is 13.6.